The van der Waals surface area contributed by atoms with E-state index >= 15 is 0 Å². The van der Waals surface area contributed by atoms with Crippen molar-refractivity contribution in [2.75, 3.05) is 33.0 Å². The molecule has 0 saturated carbocycles. The molecule has 1 aliphatic carbocycles. The Hall–Kier alpha value is -3.80. The summed E-state index contributed by atoms with van der Waals surface area (Å²) in [6.45, 7) is 3.25. The lowest BCUT2D eigenvalue weighted by Gasteiger charge is -2.37. The zero-order chi connectivity index (χ0) is 29.1. The molecule has 2 heterocycles. The molecule has 41 heavy (non-hydrogen) atoms. The molecular formula is C31H33N5O4S. The van der Waals surface area contributed by atoms with Gasteiger partial charge in [-0.25, -0.2) is 0 Å². The molecule has 2 aliphatic rings. The number of aryl methyl sites for hydroxylation is 1. The number of nitrogen functional groups attached to an aromatic ring is 1. The number of Topliss-reactive ketones (excluding diaryl/α,β-unsaturated/α-hetero) is 1. The predicted molar refractivity (Wildman–Crippen MR) is 160 cm³/mol. The first-order valence-corrected chi connectivity index (χ1v) is 14.3. The van der Waals surface area contributed by atoms with Gasteiger partial charge in [-0.05, 0) is 61.0 Å². The van der Waals surface area contributed by atoms with Crippen LogP contribution in [0.5, 0.6) is 11.5 Å². The standard InChI is InChI=1S/C31H33N5O4S/c1-16-13-18(40-17-7-5-4-6-8-17)9-10-19(16)31(34)20-11-12-21(32)27-24(20)25(26(33)29(31)37)28(41-27)30(38)35-22-14-36(2)15-23(22)39-3/h4-13,22-23,26H,14-15,32-34H2,1-3H3,(H,35,38)/t22-,23+,26?,31?/m0/s1. The summed E-state index contributed by atoms with van der Waals surface area (Å²) in [5.74, 6) is 0.630. The van der Waals surface area contributed by atoms with Crippen LogP contribution in [0, 0.1) is 6.92 Å². The van der Waals surface area contributed by atoms with Crippen molar-refractivity contribution in [2.45, 2.75) is 30.7 Å². The average molecular weight is 572 g/mol. The third-order valence-electron chi connectivity index (χ3n) is 8.19. The summed E-state index contributed by atoms with van der Waals surface area (Å²) in [5, 5.41) is 3.77. The predicted octanol–water partition coefficient (Wildman–Crippen LogP) is 3.43. The van der Waals surface area contributed by atoms with Gasteiger partial charge in [0.2, 0.25) is 0 Å². The molecule has 4 atom stereocenters. The lowest BCUT2D eigenvalue weighted by molar-refractivity contribution is -0.124. The Kier molecular flexibility index (Phi) is 6.83. The molecule has 7 N–H and O–H groups in total. The minimum Gasteiger partial charge on any atom is -0.457 e. The molecule has 1 fully saturated rings. The van der Waals surface area contributed by atoms with Crippen LogP contribution < -0.4 is 27.3 Å². The lowest BCUT2D eigenvalue weighted by atomic mass is 9.69. The first kappa shape index (κ1) is 27.4. The molecule has 0 bridgehead atoms. The number of nitrogens with one attached hydrogen (secondary N) is 1. The number of methoxy groups -OCH3 is 1. The number of hydrogen-bond donors (Lipinski definition) is 4. The summed E-state index contributed by atoms with van der Waals surface area (Å²) in [6, 6.07) is 17.1. The van der Waals surface area contributed by atoms with E-state index < -0.39 is 17.4 Å². The van der Waals surface area contributed by atoms with Crippen LogP contribution in [0.1, 0.15) is 38.0 Å². The third-order valence-corrected chi connectivity index (χ3v) is 9.44. The molecule has 9 nitrogen and oxygen atoms in total. The van der Waals surface area contributed by atoms with Gasteiger partial charge in [0.15, 0.2) is 5.78 Å². The number of thiophene rings is 1. The molecule has 0 spiro atoms. The molecule has 1 aliphatic heterocycles. The SMILES string of the molecule is CO[C@@H]1CN(C)C[C@@H]1NC(=O)c1sc2c(N)ccc3c2c1C(N)C(=O)C3(N)c1ccc(Oc2ccccc2)cc1C. The van der Waals surface area contributed by atoms with E-state index in [4.69, 9.17) is 26.7 Å². The maximum Gasteiger partial charge on any atom is 0.262 e. The van der Waals surface area contributed by atoms with Gasteiger partial charge in [-0.3, -0.25) is 9.59 Å². The minimum absolute atomic E-state index is 0.140. The number of ketones is 1. The summed E-state index contributed by atoms with van der Waals surface area (Å²) >= 11 is 1.24. The quantitative estimate of drug-likeness (QED) is 0.258. The van der Waals surface area contributed by atoms with Crippen LogP contribution in [-0.2, 0) is 15.1 Å². The van der Waals surface area contributed by atoms with Crippen LogP contribution in [0.2, 0.25) is 0 Å². The second kappa shape index (κ2) is 10.2. The number of ether oxygens (including phenoxy) is 2. The Morgan fingerprint density at radius 3 is 2.51 bits per heavy atom. The van der Waals surface area contributed by atoms with Gasteiger partial charge in [-0.1, -0.05) is 30.3 Å². The van der Waals surface area contributed by atoms with E-state index in [0.29, 0.717) is 61.9 Å². The van der Waals surface area contributed by atoms with Crippen LogP contribution in [0.4, 0.5) is 5.69 Å². The topological polar surface area (TPSA) is 146 Å². The van der Waals surface area contributed by atoms with Crippen LogP contribution in [0.25, 0.3) is 10.1 Å². The highest BCUT2D eigenvalue weighted by Gasteiger charge is 2.49. The molecule has 6 rings (SSSR count). The molecule has 4 aromatic rings. The number of amides is 1. The van der Waals surface area contributed by atoms with Crippen molar-refractivity contribution in [3.05, 3.63) is 87.8 Å². The number of carbonyl (C=O) groups is 2. The highest BCUT2D eigenvalue weighted by Crippen LogP contribution is 2.50. The highest BCUT2D eigenvalue weighted by atomic mass is 32.1. The molecule has 10 heteroatoms. The molecule has 1 aromatic heterocycles. The normalized spacial score (nSPS) is 24.1. The molecule has 1 amide bonds. The fourth-order valence-corrected chi connectivity index (χ4v) is 7.37. The Morgan fingerprint density at radius 2 is 1.80 bits per heavy atom. The van der Waals surface area contributed by atoms with Crippen molar-refractivity contribution in [1.82, 2.24) is 10.2 Å². The number of anilines is 1. The van der Waals surface area contributed by atoms with Crippen molar-refractivity contribution in [2.24, 2.45) is 11.5 Å². The van der Waals surface area contributed by atoms with Crippen molar-refractivity contribution in [3.8, 4) is 11.5 Å². The summed E-state index contributed by atoms with van der Waals surface area (Å²) in [7, 11) is 3.61. The molecular weight excluding hydrogens is 538 g/mol. The van der Waals surface area contributed by atoms with Gasteiger partial charge >= 0.3 is 0 Å². The molecule has 2 unspecified atom stereocenters. The second-order valence-corrected chi connectivity index (χ2v) is 11.9. The van der Waals surface area contributed by atoms with Crippen LogP contribution in [0.15, 0.2) is 60.7 Å². The van der Waals surface area contributed by atoms with Crippen LogP contribution in [-0.4, -0.2) is 56.0 Å². The number of nitrogens with zero attached hydrogens (tertiary/aromatic N) is 1. The van der Waals surface area contributed by atoms with E-state index in [0.717, 1.165) is 5.56 Å². The largest absolute Gasteiger partial charge is 0.457 e. The maximum atomic E-state index is 14.2. The van der Waals surface area contributed by atoms with E-state index in [9.17, 15) is 9.59 Å². The summed E-state index contributed by atoms with van der Waals surface area (Å²) in [4.78, 5) is 30.3. The lowest BCUT2D eigenvalue weighted by Crippen LogP contribution is -2.53. The van der Waals surface area contributed by atoms with Gasteiger partial charge in [0, 0.05) is 36.8 Å². The second-order valence-electron chi connectivity index (χ2n) is 10.9. The van der Waals surface area contributed by atoms with Crippen molar-refractivity contribution < 1.29 is 19.1 Å². The zero-order valence-corrected chi connectivity index (χ0v) is 24.0. The number of nitrogens with two attached hydrogens (primary N) is 3. The zero-order valence-electron chi connectivity index (χ0n) is 23.1. The first-order chi connectivity index (χ1) is 19.6. The number of para-hydroxylation sites is 1. The fourth-order valence-electron chi connectivity index (χ4n) is 6.17. The smallest absolute Gasteiger partial charge is 0.262 e. The number of benzene rings is 3. The van der Waals surface area contributed by atoms with Gasteiger partial charge in [-0.15, -0.1) is 11.3 Å². The summed E-state index contributed by atoms with van der Waals surface area (Å²) < 4.78 is 12.3. The highest BCUT2D eigenvalue weighted by molar-refractivity contribution is 7.21. The van der Waals surface area contributed by atoms with E-state index in [-0.39, 0.29) is 18.1 Å². The van der Waals surface area contributed by atoms with Crippen LogP contribution in [0.3, 0.4) is 0 Å². The third kappa shape index (κ3) is 4.39. The Morgan fingerprint density at radius 1 is 1.07 bits per heavy atom. The number of likely N-dealkylation sites (tertiary alicyclic amines) is 1. The number of hydrogen-bond acceptors (Lipinski definition) is 9. The van der Waals surface area contributed by atoms with Crippen molar-refractivity contribution in [1.29, 1.82) is 0 Å². The Labute approximate surface area is 242 Å². The summed E-state index contributed by atoms with van der Waals surface area (Å²) in [5.41, 5.74) is 21.5. The average Bonchev–Trinajstić information content (AvgIpc) is 3.53. The molecule has 0 radical (unpaired) electrons. The van der Waals surface area contributed by atoms with E-state index in [1.165, 1.54) is 11.3 Å². The van der Waals surface area contributed by atoms with Gasteiger partial charge in [0.25, 0.3) is 5.91 Å². The van der Waals surface area contributed by atoms with Gasteiger partial charge in [0.05, 0.1) is 27.8 Å². The van der Waals surface area contributed by atoms with E-state index in [2.05, 4.69) is 10.2 Å². The number of rotatable bonds is 6. The van der Waals surface area contributed by atoms with Crippen molar-refractivity contribution >= 4 is 38.8 Å². The molecule has 3 aromatic carbocycles. The van der Waals surface area contributed by atoms with E-state index in [1.54, 1.807) is 25.3 Å². The molecule has 1 saturated heterocycles. The Balaban J connectivity index is 1.43. The number of likely N-dealkylation sites (N-methyl/N-ethyl adjacent to an activating group) is 1. The van der Waals surface area contributed by atoms with Gasteiger partial charge < -0.3 is 36.9 Å². The van der Waals surface area contributed by atoms with Gasteiger partial charge in [-0.2, -0.15) is 0 Å². The fraction of sp³-hybridized carbons (Fsp3) is 0.290. The summed E-state index contributed by atoms with van der Waals surface area (Å²) in [6.07, 6.45) is -0.140. The van der Waals surface area contributed by atoms with Gasteiger partial charge in [0.1, 0.15) is 17.0 Å². The maximum absolute atomic E-state index is 14.2. The monoisotopic (exact) mass is 571 g/mol. The Bertz CT molecular complexity index is 1670. The minimum atomic E-state index is -1.54. The van der Waals surface area contributed by atoms with E-state index in [1.807, 2.05) is 56.4 Å². The molecule has 212 valence electrons. The first-order valence-electron chi connectivity index (χ1n) is 13.4. The number of carbonyl (C=O) groups excluding carboxylic acids is 2. The van der Waals surface area contributed by atoms with Crippen molar-refractivity contribution in [3.63, 3.8) is 0 Å². The van der Waals surface area contributed by atoms with Crippen LogP contribution >= 0.6 is 11.3 Å².